The fourth-order valence-corrected chi connectivity index (χ4v) is 3.11. The minimum Gasteiger partial charge on any atom is -0.331 e. The number of hydrogen-bond acceptors (Lipinski definition) is 1. The second-order valence-electron chi connectivity index (χ2n) is 5.99. The zero-order chi connectivity index (χ0) is 15.5. The van der Waals surface area contributed by atoms with Gasteiger partial charge < -0.3 is 10.6 Å². The van der Waals surface area contributed by atoms with E-state index in [0.29, 0.717) is 0 Å². The van der Waals surface area contributed by atoms with Crippen LogP contribution in [0.5, 0.6) is 0 Å². The molecule has 1 atom stereocenters. The number of anilines is 1. The summed E-state index contributed by atoms with van der Waals surface area (Å²) in [4.78, 5) is 12.3. The number of aryl methyl sites for hydroxylation is 2. The van der Waals surface area contributed by atoms with Gasteiger partial charge in [0, 0.05) is 5.69 Å². The predicted octanol–water partition coefficient (Wildman–Crippen LogP) is 4.50. The predicted molar refractivity (Wildman–Crippen MR) is 90.2 cm³/mol. The lowest BCUT2D eigenvalue weighted by Gasteiger charge is -2.26. The molecule has 1 unspecified atom stereocenters. The molecule has 2 amide bonds. The van der Waals surface area contributed by atoms with Crippen molar-refractivity contribution >= 4 is 11.7 Å². The largest absolute Gasteiger partial charge is 0.331 e. The maximum Gasteiger partial charge on any atom is 0.319 e. The smallest absolute Gasteiger partial charge is 0.319 e. The van der Waals surface area contributed by atoms with Crippen LogP contribution in [0.1, 0.15) is 41.1 Å². The maximum absolute atomic E-state index is 12.3. The Labute approximate surface area is 131 Å². The van der Waals surface area contributed by atoms with Crippen molar-refractivity contribution in [3.8, 4) is 0 Å². The van der Waals surface area contributed by atoms with Crippen LogP contribution < -0.4 is 10.6 Å². The van der Waals surface area contributed by atoms with Gasteiger partial charge in [0.25, 0.3) is 0 Å². The number of amides is 2. The van der Waals surface area contributed by atoms with Crippen LogP contribution >= 0.6 is 0 Å². The Morgan fingerprint density at radius 1 is 1.09 bits per heavy atom. The number of urea groups is 1. The summed E-state index contributed by atoms with van der Waals surface area (Å²) in [5.74, 6) is 0. The zero-order valence-corrected chi connectivity index (χ0v) is 13.1. The summed E-state index contributed by atoms with van der Waals surface area (Å²) in [6.07, 6.45) is 3.22. The fourth-order valence-electron chi connectivity index (χ4n) is 3.11. The summed E-state index contributed by atoms with van der Waals surface area (Å²) in [7, 11) is 0. The Balaban J connectivity index is 1.72. The van der Waals surface area contributed by atoms with Crippen LogP contribution in [0.25, 0.3) is 0 Å². The molecule has 3 nitrogen and oxygen atoms in total. The molecule has 1 aliphatic rings. The van der Waals surface area contributed by atoms with Gasteiger partial charge in [-0.15, -0.1) is 0 Å². The molecule has 0 saturated heterocycles. The molecule has 2 aromatic carbocycles. The van der Waals surface area contributed by atoms with Crippen LogP contribution in [0.2, 0.25) is 0 Å². The number of rotatable bonds is 2. The lowest BCUT2D eigenvalue weighted by molar-refractivity contribution is 0.247. The second kappa shape index (κ2) is 6.22. The summed E-state index contributed by atoms with van der Waals surface area (Å²) in [6, 6.07) is 14.3. The van der Waals surface area contributed by atoms with Crippen molar-refractivity contribution in [1.82, 2.24) is 5.32 Å². The molecule has 2 N–H and O–H groups in total. The van der Waals surface area contributed by atoms with Crippen molar-refractivity contribution in [2.45, 2.75) is 39.2 Å². The Morgan fingerprint density at radius 3 is 2.77 bits per heavy atom. The third kappa shape index (κ3) is 2.98. The van der Waals surface area contributed by atoms with Crippen molar-refractivity contribution in [2.24, 2.45) is 0 Å². The number of fused-ring (bicyclic) bond motifs is 1. The molecule has 0 fully saturated rings. The van der Waals surface area contributed by atoms with E-state index in [-0.39, 0.29) is 12.1 Å². The summed E-state index contributed by atoms with van der Waals surface area (Å²) in [6.45, 7) is 4.08. The number of benzene rings is 2. The Morgan fingerprint density at radius 2 is 1.91 bits per heavy atom. The van der Waals surface area contributed by atoms with E-state index in [2.05, 4.69) is 41.8 Å². The van der Waals surface area contributed by atoms with E-state index in [1.807, 2.05) is 25.1 Å². The average molecular weight is 294 g/mol. The first kappa shape index (κ1) is 14.6. The lowest BCUT2D eigenvalue weighted by Crippen LogP contribution is -2.34. The summed E-state index contributed by atoms with van der Waals surface area (Å²) in [5, 5.41) is 6.10. The molecule has 3 heteroatoms. The van der Waals surface area contributed by atoms with Gasteiger partial charge in [-0.1, -0.05) is 36.4 Å². The molecule has 0 spiro atoms. The first-order valence-corrected chi connectivity index (χ1v) is 7.86. The van der Waals surface area contributed by atoms with E-state index in [4.69, 9.17) is 0 Å². The van der Waals surface area contributed by atoms with Gasteiger partial charge in [0.1, 0.15) is 0 Å². The van der Waals surface area contributed by atoms with E-state index >= 15 is 0 Å². The van der Waals surface area contributed by atoms with Gasteiger partial charge in [0.2, 0.25) is 0 Å². The molecule has 0 aromatic heterocycles. The fraction of sp³-hybridized carbons (Fsp3) is 0.316. The van der Waals surface area contributed by atoms with Crippen LogP contribution in [-0.4, -0.2) is 6.03 Å². The van der Waals surface area contributed by atoms with Gasteiger partial charge in [-0.2, -0.15) is 0 Å². The van der Waals surface area contributed by atoms with Gasteiger partial charge in [0.15, 0.2) is 0 Å². The van der Waals surface area contributed by atoms with Gasteiger partial charge in [-0.05, 0) is 61.4 Å². The van der Waals surface area contributed by atoms with Gasteiger partial charge in [-0.3, -0.25) is 0 Å². The first-order chi connectivity index (χ1) is 10.6. The van der Waals surface area contributed by atoms with Crippen molar-refractivity contribution in [3.63, 3.8) is 0 Å². The SMILES string of the molecule is Cc1cccc(NC(=O)NC2CCCc3ccccc32)c1C. The molecular formula is C19H22N2O. The van der Waals surface area contributed by atoms with Crippen LogP contribution in [0, 0.1) is 13.8 Å². The minimum absolute atomic E-state index is 0.107. The molecule has 2 aromatic rings. The quantitative estimate of drug-likeness (QED) is 0.841. The maximum atomic E-state index is 12.3. The summed E-state index contributed by atoms with van der Waals surface area (Å²) in [5.41, 5.74) is 5.78. The van der Waals surface area contributed by atoms with Crippen molar-refractivity contribution in [1.29, 1.82) is 0 Å². The van der Waals surface area contributed by atoms with Crippen molar-refractivity contribution in [2.75, 3.05) is 5.32 Å². The highest BCUT2D eigenvalue weighted by molar-refractivity contribution is 5.90. The Bertz CT molecular complexity index is 694. The van der Waals surface area contributed by atoms with Crippen LogP contribution in [0.15, 0.2) is 42.5 Å². The Kier molecular flexibility index (Phi) is 4.14. The highest BCUT2D eigenvalue weighted by Gasteiger charge is 2.21. The molecule has 0 radical (unpaired) electrons. The molecule has 1 aliphatic carbocycles. The third-order valence-corrected chi connectivity index (χ3v) is 4.53. The van der Waals surface area contributed by atoms with E-state index in [9.17, 15) is 4.79 Å². The molecule has 0 bridgehead atoms. The van der Waals surface area contributed by atoms with Crippen LogP contribution in [0.3, 0.4) is 0 Å². The third-order valence-electron chi connectivity index (χ3n) is 4.53. The zero-order valence-electron chi connectivity index (χ0n) is 13.1. The van der Waals surface area contributed by atoms with E-state index in [1.54, 1.807) is 0 Å². The standard InChI is InChI=1S/C19H22N2O/c1-13-7-5-11-17(14(13)2)20-19(22)21-18-12-6-9-15-8-3-4-10-16(15)18/h3-5,7-8,10-11,18H,6,9,12H2,1-2H3,(H2,20,21,22). The van der Waals surface area contributed by atoms with Gasteiger partial charge >= 0.3 is 6.03 Å². The van der Waals surface area contributed by atoms with E-state index < -0.39 is 0 Å². The van der Waals surface area contributed by atoms with Crippen LogP contribution in [-0.2, 0) is 6.42 Å². The van der Waals surface area contributed by atoms with Gasteiger partial charge in [-0.25, -0.2) is 4.79 Å². The van der Waals surface area contributed by atoms with E-state index in [1.165, 1.54) is 16.7 Å². The molecule has 114 valence electrons. The molecular weight excluding hydrogens is 272 g/mol. The Hall–Kier alpha value is -2.29. The number of nitrogens with one attached hydrogen (secondary N) is 2. The number of carbonyl (C=O) groups excluding carboxylic acids is 1. The molecule has 0 heterocycles. The number of hydrogen-bond donors (Lipinski definition) is 2. The normalized spacial score (nSPS) is 16.7. The summed E-state index contributed by atoms with van der Waals surface area (Å²) >= 11 is 0. The molecule has 0 saturated carbocycles. The van der Waals surface area contributed by atoms with Crippen molar-refractivity contribution in [3.05, 3.63) is 64.7 Å². The van der Waals surface area contributed by atoms with Crippen LogP contribution in [0.4, 0.5) is 10.5 Å². The molecule has 3 rings (SSSR count). The minimum atomic E-state index is -0.129. The van der Waals surface area contributed by atoms with Crippen molar-refractivity contribution < 1.29 is 4.79 Å². The molecule has 22 heavy (non-hydrogen) atoms. The van der Waals surface area contributed by atoms with E-state index in [0.717, 1.165) is 30.5 Å². The monoisotopic (exact) mass is 294 g/mol. The number of carbonyl (C=O) groups is 1. The second-order valence-corrected chi connectivity index (χ2v) is 5.99. The highest BCUT2D eigenvalue weighted by Crippen LogP contribution is 2.29. The summed E-state index contributed by atoms with van der Waals surface area (Å²) < 4.78 is 0. The first-order valence-electron chi connectivity index (χ1n) is 7.86. The van der Waals surface area contributed by atoms with Gasteiger partial charge in [0.05, 0.1) is 6.04 Å². The highest BCUT2D eigenvalue weighted by atomic mass is 16.2. The molecule has 0 aliphatic heterocycles. The topological polar surface area (TPSA) is 41.1 Å². The lowest BCUT2D eigenvalue weighted by atomic mass is 9.88. The average Bonchev–Trinajstić information content (AvgIpc) is 2.52.